The van der Waals surface area contributed by atoms with E-state index in [9.17, 15) is 0 Å². The summed E-state index contributed by atoms with van der Waals surface area (Å²) in [7, 11) is 0. The van der Waals surface area contributed by atoms with E-state index in [-0.39, 0.29) is 0 Å². The first-order valence-corrected chi connectivity index (χ1v) is 8.52. The summed E-state index contributed by atoms with van der Waals surface area (Å²) < 4.78 is 0. The summed E-state index contributed by atoms with van der Waals surface area (Å²) >= 11 is 1.87. The third kappa shape index (κ3) is 5.98. The molecule has 0 radical (unpaired) electrons. The lowest BCUT2D eigenvalue weighted by atomic mass is 9.87. The Morgan fingerprint density at radius 2 is 2.00 bits per heavy atom. The molecule has 0 heterocycles. The Labute approximate surface area is 117 Å². The van der Waals surface area contributed by atoms with E-state index in [4.69, 9.17) is 0 Å². The van der Waals surface area contributed by atoms with Crippen molar-refractivity contribution in [1.29, 1.82) is 0 Å². The summed E-state index contributed by atoms with van der Waals surface area (Å²) in [4.78, 5) is 4.67. The molecular weight excluding hydrogens is 242 g/mol. The predicted molar refractivity (Wildman–Crippen MR) is 83.5 cm³/mol. The molecule has 1 aliphatic rings. The van der Waals surface area contributed by atoms with Crippen molar-refractivity contribution >= 4 is 17.7 Å². The minimum atomic E-state index is 0.590. The lowest BCUT2D eigenvalue weighted by Crippen LogP contribution is -2.45. The molecule has 1 rings (SSSR count). The molecule has 1 atom stereocenters. The molecule has 0 aliphatic heterocycles. The minimum absolute atomic E-state index is 0.590. The first-order valence-electron chi connectivity index (χ1n) is 7.23. The topological polar surface area (TPSA) is 36.4 Å². The average molecular weight is 271 g/mol. The van der Waals surface area contributed by atoms with Crippen LogP contribution in [0.5, 0.6) is 0 Å². The highest BCUT2D eigenvalue weighted by Crippen LogP contribution is 2.23. The average Bonchev–Trinajstić information content (AvgIpc) is 2.38. The number of thioether (sulfide) groups is 1. The Balaban J connectivity index is 2.41. The molecule has 18 heavy (non-hydrogen) atoms. The molecule has 0 aromatic carbocycles. The van der Waals surface area contributed by atoms with Crippen LogP contribution in [0.15, 0.2) is 4.99 Å². The van der Waals surface area contributed by atoms with E-state index >= 15 is 0 Å². The zero-order valence-corrected chi connectivity index (χ0v) is 13.1. The third-order valence-corrected chi connectivity index (χ3v) is 4.56. The van der Waals surface area contributed by atoms with Gasteiger partial charge in [-0.25, -0.2) is 0 Å². The van der Waals surface area contributed by atoms with E-state index in [1.54, 1.807) is 0 Å². The van der Waals surface area contributed by atoms with E-state index < -0.39 is 0 Å². The van der Waals surface area contributed by atoms with Gasteiger partial charge < -0.3 is 10.6 Å². The Bertz CT molecular complexity index is 247. The SMILES string of the molecule is CCNC(=NCC(C)SC)NC1CCC(C)CC1. The van der Waals surface area contributed by atoms with Gasteiger partial charge in [0.2, 0.25) is 0 Å². The second-order valence-corrected chi connectivity index (χ2v) is 6.64. The molecule has 0 saturated heterocycles. The van der Waals surface area contributed by atoms with Gasteiger partial charge in [0.05, 0.1) is 6.54 Å². The summed E-state index contributed by atoms with van der Waals surface area (Å²) in [5.41, 5.74) is 0. The molecule has 0 aromatic rings. The molecule has 0 spiro atoms. The fourth-order valence-corrected chi connectivity index (χ4v) is 2.44. The van der Waals surface area contributed by atoms with Crippen LogP contribution in [-0.2, 0) is 0 Å². The van der Waals surface area contributed by atoms with Crippen molar-refractivity contribution in [2.45, 2.75) is 57.7 Å². The first-order chi connectivity index (χ1) is 8.65. The second-order valence-electron chi connectivity index (χ2n) is 5.37. The number of hydrogen-bond donors (Lipinski definition) is 2. The molecule has 4 heteroatoms. The Kier molecular flexibility index (Phi) is 7.56. The van der Waals surface area contributed by atoms with Gasteiger partial charge in [0.1, 0.15) is 0 Å². The summed E-state index contributed by atoms with van der Waals surface area (Å²) in [6, 6.07) is 0.614. The highest BCUT2D eigenvalue weighted by atomic mass is 32.2. The summed E-state index contributed by atoms with van der Waals surface area (Å²) in [5, 5.41) is 7.53. The lowest BCUT2D eigenvalue weighted by Gasteiger charge is -2.28. The molecular formula is C14H29N3S. The van der Waals surface area contributed by atoms with Gasteiger partial charge in [0.25, 0.3) is 0 Å². The van der Waals surface area contributed by atoms with Gasteiger partial charge in [-0.2, -0.15) is 11.8 Å². The van der Waals surface area contributed by atoms with Gasteiger partial charge in [-0.05, 0) is 44.8 Å². The number of guanidine groups is 1. The maximum absolute atomic E-state index is 4.67. The van der Waals surface area contributed by atoms with Crippen molar-refractivity contribution in [3.63, 3.8) is 0 Å². The lowest BCUT2D eigenvalue weighted by molar-refractivity contribution is 0.329. The van der Waals surface area contributed by atoms with Crippen molar-refractivity contribution in [3.05, 3.63) is 0 Å². The van der Waals surface area contributed by atoms with Crippen LogP contribution in [0.4, 0.5) is 0 Å². The molecule has 1 aliphatic carbocycles. The van der Waals surface area contributed by atoms with E-state index in [0.717, 1.165) is 25.0 Å². The molecule has 1 saturated carbocycles. The molecule has 1 unspecified atom stereocenters. The van der Waals surface area contributed by atoms with E-state index in [1.807, 2.05) is 11.8 Å². The number of hydrogen-bond acceptors (Lipinski definition) is 2. The van der Waals surface area contributed by atoms with E-state index in [2.05, 4.69) is 42.7 Å². The highest BCUT2D eigenvalue weighted by molar-refractivity contribution is 7.99. The molecule has 0 amide bonds. The van der Waals surface area contributed by atoms with Crippen LogP contribution in [0, 0.1) is 5.92 Å². The number of rotatable bonds is 5. The number of nitrogens with zero attached hydrogens (tertiary/aromatic N) is 1. The van der Waals surface area contributed by atoms with Crippen molar-refractivity contribution < 1.29 is 0 Å². The number of nitrogens with one attached hydrogen (secondary N) is 2. The zero-order valence-electron chi connectivity index (χ0n) is 12.3. The highest BCUT2D eigenvalue weighted by Gasteiger charge is 2.18. The largest absolute Gasteiger partial charge is 0.357 e. The van der Waals surface area contributed by atoms with Gasteiger partial charge in [0.15, 0.2) is 5.96 Å². The van der Waals surface area contributed by atoms with Crippen molar-refractivity contribution in [2.24, 2.45) is 10.9 Å². The first kappa shape index (κ1) is 15.7. The van der Waals surface area contributed by atoms with Crippen LogP contribution >= 0.6 is 11.8 Å². The van der Waals surface area contributed by atoms with E-state index in [0.29, 0.717) is 11.3 Å². The van der Waals surface area contributed by atoms with Crippen LogP contribution in [0.3, 0.4) is 0 Å². The van der Waals surface area contributed by atoms with Gasteiger partial charge in [-0.1, -0.05) is 13.8 Å². The molecule has 3 nitrogen and oxygen atoms in total. The molecule has 2 N–H and O–H groups in total. The van der Waals surface area contributed by atoms with Gasteiger partial charge in [0, 0.05) is 17.8 Å². The van der Waals surface area contributed by atoms with Gasteiger partial charge >= 0.3 is 0 Å². The van der Waals surface area contributed by atoms with Crippen molar-refractivity contribution in [3.8, 4) is 0 Å². The Hall–Kier alpha value is -0.380. The Morgan fingerprint density at radius 3 is 2.56 bits per heavy atom. The third-order valence-electron chi connectivity index (χ3n) is 3.61. The zero-order chi connectivity index (χ0) is 13.4. The standard InChI is InChI=1S/C14H29N3S/c1-5-15-14(16-10-12(3)18-4)17-13-8-6-11(2)7-9-13/h11-13H,5-10H2,1-4H3,(H2,15,16,17). The summed E-state index contributed by atoms with van der Waals surface area (Å²) in [6.45, 7) is 8.52. The molecule has 0 bridgehead atoms. The van der Waals surface area contributed by atoms with Gasteiger partial charge in [-0.15, -0.1) is 0 Å². The van der Waals surface area contributed by atoms with Crippen molar-refractivity contribution in [1.82, 2.24) is 10.6 Å². The summed E-state index contributed by atoms with van der Waals surface area (Å²) in [5.74, 6) is 1.90. The maximum atomic E-state index is 4.67. The predicted octanol–water partition coefficient (Wildman–Crippen LogP) is 2.87. The minimum Gasteiger partial charge on any atom is -0.357 e. The van der Waals surface area contributed by atoms with Crippen LogP contribution in [0.2, 0.25) is 0 Å². The fourth-order valence-electron chi connectivity index (χ4n) is 2.21. The Morgan fingerprint density at radius 1 is 1.33 bits per heavy atom. The monoisotopic (exact) mass is 271 g/mol. The molecule has 0 aromatic heterocycles. The van der Waals surface area contributed by atoms with Crippen LogP contribution < -0.4 is 10.6 Å². The van der Waals surface area contributed by atoms with Crippen LogP contribution in [0.25, 0.3) is 0 Å². The summed E-state index contributed by atoms with van der Waals surface area (Å²) in [6.07, 6.45) is 7.40. The molecule has 1 fully saturated rings. The second kappa shape index (κ2) is 8.68. The fraction of sp³-hybridized carbons (Fsp3) is 0.929. The van der Waals surface area contributed by atoms with Crippen LogP contribution in [0.1, 0.15) is 46.5 Å². The van der Waals surface area contributed by atoms with Crippen LogP contribution in [-0.4, -0.2) is 36.6 Å². The quantitative estimate of drug-likeness (QED) is 0.596. The molecule has 106 valence electrons. The normalized spacial score (nSPS) is 26.8. The van der Waals surface area contributed by atoms with Crippen molar-refractivity contribution in [2.75, 3.05) is 19.3 Å². The smallest absolute Gasteiger partial charge is 0.191 e. The maximum Gasteiger partial charge on any atom is 0.191 e. The van der Waals surface area contributed by atoms with E-state index in [1.165, 1.54) is 25.7 Å². The van der Waals surface area contributed by atoms with Gasteiger partial charge in [-0.3, -0.25) is 4.99 Å². The number of aliphatic imine (C=N–C) groups is 1.